The van der Waals surface area contributed by atoms with E-state index >= 15 is 0 Å². The second-order valence-corrected chi connectivity index (χ2v) is 12.4. The molecule has 1 N–H and O–H groups in total. The first kappa shape index (κ1) is 33.2. The Bertz CT molecular complexity index is 1450. The number of benzene rings is 3. The third kappa shape index (κ3) is 8.40. The Kier molecular flexibility index (Phi) is 12.1. The number of sulfonamides is 1. The topological polar surface area (TPSA) is 96.0 Å². The van der Waals surface area contributed by atoms with Gasteiger partial charge in [-0.15, -0.1) is 0 Å². The summed E-state index contributed by atoms with van der Waals surface area (Å²) < 4.78 is 34.4. The van der Waals surface area contributed by atoms with Crippen LogP contribution in [0.1, 0.15) is 46.1 Å². The van der Waals surface area contributed by atoms with E-state index < -0.39 is 28.5 Å². The van der Waals surface area contributed by atoms with Crippen molar-refractivity contribution in [1.29, 1.82) is 0 Å². The van der Waals surface area contributed by atoms with Crippen LogP contribution in [0.15, 0.2) is 77.7 Å². The highest BCUT2D eigenvalue weighted by Crippen LogP contribution is 2.28. The Morgan fingerprint density at radius 1 is 0.905 bits per heavy atom. The predicted molar refractivity (Wildman–Crippen MR) is 168 cm³/mol. The maximum atomic E-state index is 14.1. The summed E-state index contributed by atoms with van der Waals surface area (Å²) in [5.41, 5.74) is 0.924. The van der Waals surface area contributed by atoms with E-state index in [2.05, 4.69) is 5.32 Å². The summed E-state index contributed by atoms with van der Waals surface area (Å²) in [6, 6.07) is 18.4. The first-order valence-corrected chi connectivity index (χ1v) is 16.1. The summed E-state index contributed by atoms with van der Waals surface area (Å²) in [5.74, 6) is -0.307. The summed E-state index contributed by atoms with van der Waals surface area (Å²) >= 11 is 12.4. The van der Waals surface area contributed by atoms with Crippen LogP contribution in [-0.2, 0) is 26.2 Å². The summed E-state index contributed by atoms with van der Waals surface area (Å²) in [6.07, 6.45) is 1.02. The third-order valence-electron chi connectivity index (χ3n) is 6.77. The fourth-order valence-electron chi connectivity index (χ4n) is 4.32. The van der Waals surface area contributed by atoms with Gasteiger partial charge < -0.3 is 15.0 Å². The largest absolute Gasteiger partial charge is 0.494 e. The van der Waals surface area contributed by atoms with Crippen molar-refractivity contribution in [3.8, 4) is 5.75 Å². The quantitative estimate of drug-likeness (QED) is 0.224. The number of nitrogens with one attached hydrogen (secondary N) is 1. The first-order chi connectivity index (χ1) is 20.0. The van der Waals surface area contributed by atoms with Crippen LogP contribution >= 0.6 is 23.2 Å². The van der Waals surface area contributed by atoms with Gasteiger partial charge in [0.05, 0.1) is 27.2 Å². The van der Waals surface area contributed by atoms with Gasteiger partial charge in [0, 0.05) is 12.6 Å². The standard InChI is InChI=1S/C31H37Cl2N3O5S/c1-5-22(4)34-31(38)29(6-2)35(20-23-13-18-27(32)28(33)19-23)30(37)21-36(24-14-16-25(17-15-24)41-7-3)42(39,40)26-11-9-8-10-12-26/h8-19,22,29H,5-7,20-21H2,1-4H3,(H,34,38)/t22-,29+/m1/s1. The van der Waals surface area contributed by atoms with Crippen LogP contribution in [0.3, 0.4) is 0 Å². The smallest absolute Gasteiger partial charge is 0.264 e. The van der Waals surface area contributed by atoms with Gasteiger partial charge in [-0.05, 0) is 80.8 Å². The molecule has 0 heterocycles. The van der Waals surface area contributed by atoms with E-state index in [-0.39, 0.29) is 29.1 Å². The van der Waals surface area contributed by atoms with Gasteiger partial charge in [0.15, 0.2) is 0 Å². The van der Waals surface area contributed by atoms with E-state index in [1.54, 1.807) is 67.6 Å². The maximum Gasteiger partial charge on any atom is 0.264 e. The second kappa shape index (κ2) is 15.3. The minimum atomic E-state index is -4.16. The van der Waals surface area contributed by atoms with Gasteiger partial charge in [-0.3, -0.25) is 13.9 Å². The Balaban J connectivity index is 2.06. The number of anilines is 1. The van der Waals surface area contributed by atoms with Gasteiger partial charge in [-0.1, -0.05) is 61.3 Å². The molecular formula is C31H37Cl2N3O5S. The van der Waals surface area contributed by atoms with Gasteiger partial charge in [0.2, 0.25) is 11.8 Å². The molecule has 2 amide bonds. The molecule has 0 saturated heterocycles. The van der Waals surface area contributed by atoms with Crippen molar-refractivity contribution in [3.05, 3.63) is 88.4 Å². The zero-order valence-electron chi connectivity index (χ0n) is 24.2. The molecule has 0 spiro atoms. The van der Waals surface area contributed by atoms with Crippen LogP contribution in [0.2, 0.25) is 10.0 Å². The maximum absolute atomic E-state index is 14.1. The van der Waals surface area contributed by atoms with E-state index in [9.17, 15) is 18.0 Å². The molecule has 0 radical (unpaired) electrons. The van der Waals surface area contributed by atoms with Crippen LogP contribution in [-0.4, -0.2) is 50.4 Å². The van der Waals surface area contributed by atoms with Crippen molar-refractivity contribution in [3.63, 3.8) is 0 Å². The van der Waals surface area contributed by atoms with E-state index in [4.69, 9.17) is 27.9 Å². The number of nitrogens with zero attached hydrogens (tertiary/aromatic N) is 2. The minimum absolute atomic E-state index is 0.0185. The van der Waals surface area contributed by atoms with Crippen molar-refractivity contribution in [2.75, 3.05) is 17.5 Å². The summed E-state index contributed by atoms with van der Waals surface area (Å²) in [7, 11) is -4.16. The van der Waals surface area contributed by atoms with Crippen LogP contribution in [0.25, 0.3) is 0 Å². The lowest BCUT2D eigenvalue weighted by molar-refractivity contribution is -0.140. The number of rotatable bonds is 14. The predicted octanol–water partition coefficient (Wildman–Crippen LogP) is 6.31. The van der Waals surface area contributed by atoms with Crippen molar-refractivity contribution >= 4 is 50.7 Å². The van der Waals surface area contributed by atoms with Gasteiger partial charge in [0.25, 0.3) is 10.0 Å². The molecule has 0 aliphatic rings. The minimum Gasteiger partial charge on any atom is -0.494 e. The van der Waals surface area contributed by atoms with Gasteiger partial charge >= 0.3 is 0 Å². The average Bonchev–Trinajstić information content (AvgIpc) is 2.98. The Labute approximate surface area is 258 Å². The summed E-state index contributed by atoms with van der Waals surface area (Å²) in [4.78, 5) is 29.0. The fraction of sp³-hybridized carbons (Fsp3) is 0.355. The number of carbonyl (C=O) groups is 2. The van der Waals surface area contributed by atoms with Crippen LogP contribution in [0, 0.1) is 0 Å². The Hall–Kier alpha value is -3.27. The molecule has 226 valence electrons. The summed E-state index contributed by atoms with van der Waals surface area (Å²) in [6.45, 7) is 7.42. The highest BCUT2D eigenvalue weighted by molar-refractivity contribution is 7.92. The molecule has 0 aromatic heterocycles. The number of halogens is 2. The zero-order chi connectivity index (χ0) is 30.9. The highest BCUT2D eigenvalue weighted by atomic mass is 35.5. The van der Waals surface area contributed by atoms with Crippen LogP contribution in [0.4, 0.5) is 5.69 Å². The molecule has 3 aromatic rings. The van der Waals surface area contributed by atoms with Gasteiger partial charge in [0.1, 0.15) is 18.3 Å². The first-order valence-electron chi connectivity index (χ1n) is 13.9. The molecule has 0 aliphatic carbocycles. The lowest BCUT2D eigenvalue weighted by Gasteiger charge is -2.33. The number of hydrogen-bond acceptors (Lipinski definition) is 5. The summed E-state index contributed by atoms with van der Waals surface area (Å²) in [5, 5.41) is 3.62. The van der Waals surface area contributed by atoms with Crippen molar-refractivity contribution in [2.45, 2.75) is 64.1 Å². The van der Waals surface area contributed by atoms with Gasteiger partial charge in [-0.2, -0.15) is 0 Å². The molecule has 8 nitrogen and oxygen atoms in total. The van der Waals surface area contributed by atoms with E-state index in [0.29, 0.717) is 40.8 Å². The van der Waals surface area contributed by atoms with E-state index in [0.717, 1.165) is 4.31 Å². The molecule has 3 aromatic carbocycles. The Morgan fingerprint density at radius 3 is 2.14 bits per heavy atom. The lowest BCUT2D eigenvalue weighted by Crippen LogP contribution is -2.53. The molecule has 3 rings (SSSR count). The molecular weight excluding hydrogens is 597 g/mol. The molecule has 42 heavy (non-hydrogen) atoms. The number of amides is 2. The molecule has 2 atom stereocenters. The fourth-order valence-corrected chi connectivity index (χ4v) is 6.07. The van der Waals surface area contributed by atoms with Crippen LogP contribution in [0.5, 0.6) is 5.75 Å². The van der Waals surface area contributed by atoms with Gasteiger partial charge in [-0.25, -0.2) is 8.42 Å². The molecule has 11 heteroatoms. The molecule has 0 aliphatic heterocycles. The molecule has 0 fully saturated rings. The Morgan fingerprint density at radius 2 is 1.57 bits per heavy atom. The van der Waals surface area contributed by atoms with Crippen molar-refractivity contribution < 1.29 is 22.7 Å². The molecule has 0 saturated carbocycles. The van der Waals surface area contributed by atoms with Crippen molar-refractivity contribution in [1.82, 2.24) is 10.2 Å². The zero-order valence-corrected chi connectivity index (χ0v) is 26.5. The average molecular weight is 635 g/mol. The van der Waals surface area contributed by atoms with E-state index in [1.807, 2.05) is 20.8 Å². The number of ether oxygens (including phenoxy) is 1. The number of hydrogen-bond donors (Lipinski definition) is 1. The monoisotopic (exact) mass is 633 g/mol. The molecule has 0 unspecified atom stereocenters. The number of carbonyl (C=O) groups excluding carboxylic acids is 2. The second-order valence-electron chi connectivity index (χ2n) is 9.76. The van der Waals surface area contributed by atoms with Crippen molar-refractivity contribution in [2.24, 2.45) is 0 Å². The third-order valence-corrected chi connectivity index (χ3v) is 9.30. The van der Waals surface area contributed by atoms with Crippen LogP contribution < -0.4 is 14.4 Å². The normalized spacial score (nSPS) is 12.7. The molecule has 0 bridgehead atoms. The SMILES string of the molecule is CCOc1ccc(N(CC(=O)N(Cc2ccc(Cl)c(Cl)c2)[C@@H](CC)C(=O)N[C@H](C)CC)S(=O)(=O)c2ccccc2)cc1. The van der Waals surface area contributed by atoms with E-state index in [1.165, 1.54) is 17.0 Å². The lowest BCUT2D eigenvalue weighted by atomic mass is 10.1. The highest BCUT2D eigenvalue weighted by Gasteiger charge is 2.34.